The highest BCUT2D eigenvalue weighted by atomic mass is 16.5. The Balaban J connectivity index is 1.44. The van der Waals surface area contributed by atoms with E-state index in [0.29, 0.717) is 31.4 Å². The summed E-state index contributed by atoms with van der Waals surface area (Å²) in [5.41, 5.74) is 0.785. The van der Waals surface area contributed by atoms with Gasteiger partial charge in [0.25, 0.3) is 0 Å². The SMILES string of the molecule is CCOC1CC(CC(=O)NC2CC(=O)N(c3cnn(C)c3)C2)C1. The maximum atomic E-state index is 12.1. The molecular formula is C16H24N4O3. The number of rotatable bonds is 6. The molecule has 0 bridgehead atoms. The first kappa shape index (κ1) is 16.0. The van der Waals surface area contributed by atoms with Crippen LogP contribution in [0.5, 0.6) is 0 Å². The molecule has 1 aliphatic carbocycles. The topological polar surface area (TPSA) is 76.5 Å². The average molecular weight is 320 g/mol. The van der Waals surface area contributed by atoms with Crippen LogP contribution in [0.4, 0.5) is 5.69 Å². The van der Waals surface area contributed by atoms with Gasteiger partial charge < -0.3 is 15.0 Å². The molecule has 2 aliphatic rings. The molecule has 7 nitrogen and oxygen atoms in total. The molecule has 1 saturated heterocycles. The van der Waals surface area contributed by atoms with Crippen LogP contribution in [-0.4, -0.2) is 46.9 Å². The lowest BCUT2D eigenvalue weighted by atomic mass is 9.80. The van der Waals surface area contributed by atoms with Crippen LogP contribution in [0.3, 0.4) is 0 Å². The molecule has 1 aromatic heterocycles. The summed E-state index contributed by atoms with van der Waals surface area (Å²) in [5, 5.41) is 7.08. The molecule has 23 heavy (non-hydrogen) atoms. The van der Waals surface area contributed by atoms with E-state index >= 15 is 0 Å². The maximum Gasteiger partial charge on any atom is 0.229 e. The zero-order chi connectivity index (χ0) is 16.4. The minimum atomic E-state index is -0.113. The number of amides is 2. The summed E-state index contributed by atoms with van der Waals surface area (Å²) >= 11 is 0. The molecular weight excluding hydrogens is 296 g/mol. The number of nitrogens with zero attached hydrogens (tertiary/aromatic N) is 3. The van der Waals surface area contributed by atoms with Crippen molar-refractivity contribution in [3.05, 3.63) is 12.4 Å². The second-order valence-corrected chi connectivity index (χ2v) is 6.46. The van der Waals surface area contributed by atoms with Crippen LogP contribution in [0.15, 0.2) is 12.4 Å². The van der Waals surface area contributed by atoms with Crippen molar-refractivity contribution < 1.29 is 14.3 Å². The second-order valence-electron chi connectivity index (χ2n) is 6.46. The summed E-state index contributed by atoms with van der Waals surface area (Å²) in [6.07, 6.45) is 6.62. The number of anilines is 1. The van der Waals surface area contributed by atoms with Gasteiger partial charge in [-0.3, -0.25) is 14.3 Å². The Morgan fingerprint density at radius 1 is 1.48 bits per heavy atom. The third kappa shape index (κ3) is 3.72. The lowest BCUT2D eigenvalue weighted by molar-refractivity contribution is -0.124. The molecule has 1 atom stereocenters. The van der Waals surface area contributed by atoms with Crippen LogP contribution in [0, 0.1) is 5.92 Å². The zero-order valence-corrected chi connectivity index (χ0v) is 13.7. The molecule has 2 heterocycles. The molecule has 126 valence electrons. The molecule has 3 rings (SSSR count). The minimum absolute atomic E-state index is 0.0309. The lowest BCUT2D eigenvalue weighted by Gasteiger charge is -2.34. The van der Waals surface area contributed by atoms with Crippen LogP contribution >= 0.6 is 0 Å². The summed E-state index contributed by atoms with van der Waals surface area (Å²) in [4.78, 5) is 25.9. The van der Waals surface area contributed by atoms with Crippen molar-refractivity contribution in [2.75, 3.05) is 18.1 Å². The van der Waals surface area contributed by atoms with Crippen molar-refractivity contribution in [1.29, 1.82) is 0 Å². The van der Waals surface area contributed by atoms with E-state index in [9.17, 15) is 9.59 Å². The quantitative estimate of drug-likeness (QED) is 0.843. The van der Waals surface area contributed by atoms with E-state index in [4.69, 9.17) is 4.74 Å². The van der Waals surface area contributed by atoms with Crippen molar-refractivity contribution in [2.24, 2.45) is 13.0 Å². The second kappa shape index (κ2) is 6.70. The fraction of sp³-hybridized carbons (Fsp3) is 0.688. The Hall–Kier alpha value is -1.89. The monoisotopic (exact) mass is 320 g/mol. The molecule has 1 aromatic rings. The number of hydrogen-bond donors (Lipinski definition) is 1. The average Bonchev–Trinajstić information content (AvgIpc) is 3.02. The Labute approximate surface area is 136 Å². The van der Waals surface area contributed by atoms with E-state index < -0.39 is 0 Å². The fourth-order valence-corrected chi connectivity index (χ4v) is 3.36. The Bertz CT molecular complexity index is 580. The van der Waals surface area contributed by atoms with Crippen molar-refractivity contribution in [3.63, 3.8) is 0 Å². The molecule has 2 fully saturated rings. The Morgan fingerprint density at radius 3 is 2.91 bits per heavy atom. The van der Waals surface area contributed by atoms with E-state index in [1.807, 2.05) is 20.2 Å². The van der Waals surface area contributed by atoms with Gasteiger partial charge >= 0.3 is 0 Å². The van der Waals surface area contributed by atoms with Gasteiger partial charge in [-0.2, -0.15) is 5.10 Å². The predicted octanol–water partition coefficient (Wildman–Crippen LogP) is 0.847. The van der Waals surface area contributed by atoms with Crippen LogP contribution in [-0.2, 0) is 21.4 Å². The highest BCUT2D eigenvalue weighted by molar-refractivity contribution is 5.96. The van der Waals surface area contributed by atoms with Crippen molar-refractivity contribution in [1.82, 2.24) is 15.1 Å². The van der Waals surface area contributed by atoms with Gasteiger partial charge in [-0.15, -0.1) is 0 Å². The first-order chi connectivity index (χ1) is 11.0. The van der Waals surface area contributed by atoms with Crippen LogP contribution in [0.2, 0.25) is 0 Å². The summed E-state index contributed by atoms with van der Waals surface area (Å²) in [6.45, 7) is 3.24. The summed E-state index contributed by atoms with van der Waals surface area (Å²) in [5.74, 6) is 0.484. The molecule has 0 aromatic carbocycles. The number of carbonyl (C=O) groups excluding carboxylic acids is 2. The van der Waals surface area contributed by atoms with Crippen molar-refractivity contribution in [2.45, 2.75) is 44.8 Å². The highest BCUT2D eigenvalue weighted by Gasteiger charge is 2.34. The smallest absolute Gasteiger partial charge is 0.229 e. The molecule has 1 aliphatic heterocycles. The molecule has 2 amide bonds. The van der Waals surface area contributed by atoms with Crippen molar-refractivity contribution >= 4 is 17.5 Å². The summed E-state index contributed by atoms with van der Waals surface area (Å²) in [6, 6.07) is -0.113. The van der Waals surface area contributed by atoms with Crippen LogP contribution < -0.4 is 10.2 Å². The first-order valence-electron chi connectivity index (χ1n) is 8.25. The van der Waals surface area contributed by atoms with Gasteiger partial charge in [0.1, 0.15) is 0 Å². The van der Waals surface area contributed by atoms with Crippen molar-refractivity contribution in [3.8, 4) is 0 Å². The number of aromatic nitrogens is 2. The van der Waals surface area contributed by atoms with E-state index in [1.165, 1.54) is 0 Å². The normalized spacial score (nSPS) is 27.1. The van der Waals surface area contributed by atoms with E-state index in [-0.39, 0.29) is 17.9 Å². The number of hydrogen-bond acceptors (Lipinski definition) is 4. The molecule has 0 spiro atoms. The van der Waals surface area contributed by atoms with Crippen LogP contribution in [0.1, 0.15) is 32.6 Å². The third-order valence-corrected chi connectivity index (χ3v) is 4.56. The van der Waals surface area contributed by atoms with Gasteiger partial charge in [0.05, 0.1) is 24.0 Å². The molecule has 1 N–H and O–H groups in total. The first-order valence-corrected chi connectivity index (χ1v) is 8.25. The third-order valence-electron chi connectivity index (χ3n) is 4.56. The molecule has 7 heteroatoms. The number of ether oxygens (including phenoxy) is 1. The number of aryl methyl sites for hydroxylation is 1. The molecule has 1 unspecified atom stereocenters. The Morgan fingerprint density at radius 2 is 2.26 bits per heavy atom. The largest absolute Gasteiger partial charge is 0.378 e. The highest BCUT2D eigenvalue weighted by Crippen LogP contribution is 2.32. The fourth-order valence-electron chi connectivity index (χ4n) is 3.36. The van der Waals surface area contributed by atoms with Gasteiger partial charge in [-0.1, -0.05) is 0 Å². The molecule has 0 radical (unpaired) electrons. The standard InChI is InChI=1S/C16H24N4O3/c1-3-23-14-4-11(5-14)6-15(21)18-12-7-16(22)20(9-12)13-8-17-19(2)10-13/h8,10-12,14H,3-7,9H2,1-2H3,(H,18,21). The van der Waals surface area contributed by atoms with E-state index in [0.717, 1.165) is 25.1 Å². The maximum absolute atomic E-state index is 12.1. The number of carbonyl (C=O) groups is 2. The van der Waals surface area contributed by atoms with Gasteiger partial charge in [0.15, 0.2) is 0 Å². The van der Waals surface area contributed by atoms with E-state index in [1.54, 1.807) is 15.8 Å². The summed E-state index contributed by atoms with van der Waals surface area (Å²) < 4.78 is 7.18. The lowest BCUT2D eigenvalue weighted by Crippen LogP contribution is -2.40. The summed E-state index contributed by atoms with van der Waals surface area (Å²) in [7, 11) is 1.82. The predicted molar refractivity (Wildman–Crippen MR) is 84.9 cm³/mol. The zero-order valence-electron chi connectivity index (χ0n) is 13.7. The van der Waals surface area contributed by atoms with Crippen LogP contribution in [0.25, 0.3) is 0 Å². The Kier molecular flexibility index (Phi) is 4.66. The van der Waals surface area contributed by atoms with E-state index in [2.05, 4.69) is 10.4 Å². The minimum Gasteiger partial charge on any atom is -0.378 e. The van der Waals surface area contributed by atoms with Gasteiger partial charge in [0, 0.05) is 39.2 Å². The molecule has 1 saturated carbocycles. The van der Waals surface area contributed by atoms with Gasteiger partial charge in [0.2, 0.25) is 11.8 Å². The number of nitrogens with one attached hydrogen (secondary N) is 1. The van der Waals surface area contributed by atoms with Gasteiger partial charge in [-0.25, -0.2) is 0 Å². The van der Waals surface area contributed by atoms with Gasteiger partial charge in [-0.05, 0) is 25.7 Å².